The van der Waals surface area contributed by atoms with Crippen LogP contribution in [0.1, 0.15) is 21.5 Å². The maximum atomic E-state index is 13.3. The molecule has 0 saturated heterocycles. The highest BCUT2D eigenvalue weighted by Gasteiger charge is 2.15. The van der Waals surface area contributed by atoms with Crippen LogP contribution in [0.2, 0.25) is 0 Å². The Balaban J connectivity index is 1.48. The largest absolute Gasteiger partial charge is 0.497 e. The minimum absolute atomic E-state index is 0.112. The number of benzene rings is 4. The van der Waals surface area contributed by atoms with E-state index in [0.29, 0.717) is 16.4 Å². The number of methoxy groups -OCH3 is 1. The summed E-state index contributed by atoms with van der Waals surface area (Å²) in [7, 11) is 1.58. The van der Waals surface area contributed by atoms with Crippen molar-refractivity contribution in [2.45, 2.75) is 6.54 Å². The van der Waals surface area contributed by atoms with Crippen molar-refractivity contribution in [3.05, 3.63) is 132 Å². The normalized spacial score (nSPS) is 10.7. The molecule has 0 spiro atoms. The fourth-order valence-corrected chi connectivity index (χ4v) is 3.91. The molecule has 0 bridgehead atoms. The number of rotatable bonds is 9. The quantitative estimate of drug-likeness (QED) is 0.165. The van der Waals surface area contributed by atoms with Crippen LogP contribution in [0.15, 0.2) is 115 Å². The molecule has 0 unspecified atom stereocenters. The molecule has 8 heteroatoms. The van der Waals surface area contributed by atoms with Gasteiger partial charge in [-0.2, -0.15) is 0 Å². The molecule has 4 rings (SSSR count). The van der Waals surface area contributed by atoms with Crippen LogP contribution in [0.4, 0.5) is 11.4 Å². The summed E-state index contributed by atoms with van der Waals surface area (Å²) in [4.78, 5) is 26.2. The van der Waals surface area contributed by atoms with Crippen LogP contribution in [-0.4, -0.2) is 24.0 Å². The van der Waals surface area contributed by atoms with Gasteiger partial charge >= 0.3 is 0 Å². The van der Waals surface area contributed by atoms with Crippen LogP contribution in [0.25, 0.3) is 6.08 Å². The van der Waals surface area contributed by atoms with Gasteiger partial charge < -0.3 is 26.0 Å². The molecule has 0 fully saturated rings. The average Bonchev–Trinajstić information content (AvgIpc) is 2.97. The Kier molecular flexibility index (Phi) is 9.42. The molecule has 2 amide bonds. The zero-order valence-electron chi connectivity index (χ0n) is 21.3. The van der Waals surface area contributed by atoms with E-state index in [1.165, 1.54) is 0 Å². The van der Waals surface area contributed by atoms with Gasteiger partial charge in [-0.1, -0.05) is 66.7 Å². The van der Waals surface area contributed by atoms with E-state index in [0.717, 1.165) is 22.5 Å². The van der Waals surface area contributed by atoms with E-state index >= 15 is 0 Å². The molecule has 0 heterocycles. The number of hydrogen-bond acceptors (Lipinski definition) is 4. The van der Waals surface area contributed by atoms with Crippen LogP contribution in [0, 0.1) is 0 Å². The number of amides is 2. The highest BCUT2D eigenvalue weighted by atomic mass is 32.1. The first-order valence-electron chi connectivity index (χ1n) is 12.2. The van der Waals surface area contributed by atoms with Gasteiger partial charge in [0.2, 0.25) is 0 Å². The summed E-state index contributed by atoms with van der Waals surface area (Å²) < 4.78 is 5.21. The van der Waals surface area contributed by atoms with Crippen molar-refractivity contribution in [3.8, 4) is 5.75 Å². The molecule has 0 atom stereocenters. The minimum Gasteiger partial charge on any atom is -0.497 e. The summed E-state index contributed by atoms with van der Waals surface area (Å²) in [6, 6.07) is 33.1. The van der Waals surface area contributed by atoms with Gasteiger partial charge in [-0.15, -0.1) is 0 Å². The van der Waals surface area contributed by atoms with E-state index in [4.69, 9.17) is 17.0 Å². The molecule has 4 N–H and O–H groups in total. The molecule has 4 aromatic rings. The Morgan fingerprint density at radius 3 is 2.13 bits per heavy atom. The van der Waals surface area contributed by atoms with Crippen LogP contribution in [0.3, 0.4) is 0 Å². The van der Waals surface area contributed by atoms with Gasteiger partial charge in [-0.05, 0) is 71.9 Å². The van der Waals surface area contributed by atoms with E-state index in [2.05, 4.69) is 21.3 Å². The van der Waals surface area contributed by atoms with Crippen molar-refractivity contribution in [1.29, 1.82) is 0 Å². The lowest BCUT2D eigenvalue weighted by molar-refractivity contribution is -0.117. The van der Waals surface area contributed by atoms with Gasteiger partial charge in [-0.3, -0.25) is 9.59 Å². The monoisotopic (exact) mass is 536 g/mol. The summed E-state index contributed by atoms with van der Waals surface area (Å²) in [6.45, 7) is 0.205. The maximum Gasteiger partial charge on any atom is 0.268 e. The van der Waals surface area contributed by atoms with Crippen molar-refractivity contribution < 1.29 is 14.3 Å². The highest BCUT2D eigenvalue weighted by molar-refractivity contribution is 7.80. The molecule has 4 aromatic carbocycles. The molecule has 7 nitrogen and oxygen atoms in total. The van der Waals surface area contributed by atoms with Gasteiger partial charge in [0.15, 0.2) is 5.11 Å². The third kappa shape index (κ3) is 8.02. The second-order valence-electron chi connectivity index (χ2n) is 8.44. The van der Waals surface area contributed by atoms with Gasteiger partial charge in [0.25, 0.3) is 11.8 Å². The number of ether oxygens (including phenoxy) is 1. The zero-order valence-corrected chi connectivity index (χ0v) is 22.1. The van der Waals surface area contributed by atoms with E-state index in [1.807, 2.05) is 60.7 Å². The predicted molar refractivity (Wildman–Crippen MR) is 159 cm³/mol. The number of para-hydroxylation sites is 2. The van der Waals surface area contributed by atoms with Crippen LogP contribution < -0.4 is 26.0 Å². The smallest absolute Gasteiger partial charge is 0.268 e. The van der Waals surface area contributed by atoms with E-state index in [-0.39, 0.29) is 18.1 Å². The van der Waals surface area contributed by atoms with Crippen molar-refractivity contribution in [2.75, 3.05) is 17.7 Å². The molecule has 0 saturated carbocycles. The first-order chi connectivity index (χ1) is 19.0. The first kappa shape index (κ1) is 27.1. The first-order valence-corrected chi connectivity index (χ1v) is 12.6. The lowest BCUT2D eigenvalue weighted by atomic mass is 10.1. The Bertz CT molecular complexity index is 1460. The fraction of sp³-hybridized carbons (Fsp3) is 0.0645. The third-order valence-corrected chi connectivity index (χ3v) is 5.90. The van der Waals surface area contributed by atoms with E-state index < -0.39 is 5.91 Å². The lowest BCUT2D eigenvalue weighted by Crippen LogP contribution is -2.34. The molecule has 0 aromatic heterocycles. The molecule has 0 aliphatic carbocycles. The molecule has 39 heavy (non-hydrogen) atoms. The Morgan fingerprint density at radius 2 is 1.44 bits per heavy atom. The molecule has 196 valence electrons. The number of nitrogens with one attached hydrogen (secondary N) is 4. The fourth-order valence-electron chi connectivity index (χ4n) is 3.68. The van der Waals surface area contributed by atoms with Crippen molar-refractivity contribution in [3.63, 3.8) is 0 Å². The highest BCUT2D eigenvalue weighted by Crippen LogP contribution is 2.17. The molecular weight excluding hydrogens is 508 g/mol. The Morgan fingerprint density at radius 1 is 0.795 bits per heavy atom. The maximum absolute atomic E-state index is 13.3. The van der Waals surface area contributed by atoms with E-state index in [9.17, 15) is 9.59 Å². The van der Waals surface area contributed by atoms with Gasteiger partial charge in [0.05, 0.1) is 7.11 Å². The third-order valence-electron chi connectivity index (χ3n) is 5.69. The van der Waals surface area contributed by atoms with Gasteiger partial charge in [0, 0.05) is 23.5 Å². The Labute approximate surface area is 232 Å². The summed E-state index contributed by atoms with van der Waals surface area (Å²) in [5.74, 6) is -0.130. The standard InChI is InChI=1S/C31H28N4O3S/c1-38-26-18-16-22(17-19-26)20-28(34-29(36)23-10-4-2-5-11-23)30(37)32-21-24-12-8-9-15-27(24)35-31(39)33-25-13-6-3-7-14-25/h2-20H,21H2,1H3,(H,32,37)(H,34,36)(H2,33,35,39)/b28-20+. The second kappa shape index (κ2) is 13.6. The van der Waals surface area contributed by atoms with Crippen molar-refractivity contribution >= 4 is 46.6 Å². The van der Waals surface area contributed by atoms with Crippen molar-refractivity contribution in [1.82, 2.24) is 10.6 Å². The van der Waals surface area contributed by atoms with Crippen LogP contribution in [0.5, 0.6) is 5.75 Å². The number of carbonyl (C=O) groups excluding carboxylic acids is 2. The average molecular weight is 537 g/mol. The summed E-state index contributed by atoms with van der Waals surface area (Å²) in [5, 5.41) is 12.4. The van der Waals surface area contributed by atoms with Crippen LogP contribution >= 0.6 is 12.2 Å². The van der Waals surface area contributed by atoms with Gasteiger partial charge in [-0.25, -0.2) is 0 Å². The van der Waals surface area contributed by atoms with Crippen molar-refractivity contribution in [2.24, 2.45) is 0 Å². The molecular formula is C31H28N4O3S. The topological polar surface area (TPSA) is 91.5 Å². The summed E-state index contributed by atoms with van der Waals surface area (Å²) >= 11 is 5.46. The van der Waals surface area contributed by atoms with Crippen LogP contribution in [-0.2, 0) is 11.3 Å². The number of hydrogen-bond donors (Lipinski definition) is 4. The molecule has 0 aliphatic heterocycles. The van der Waals surface area contributed by atoms with E-state index in [1.54, 1.807) is 61.7 Å². The molecule has 0 aliphatic rings. The second-order valence-corrected chi connectivity index (χ2v) is 8.84. The predicted octanol–water partition coefficient (Wildman–Crippen LogP) is 5.59. The van der Waals surface area contributed by atoms with Gasteiger partial charge in [0.1, 0.15) is 11.4 Å². The summed E-state index contributed by atoms with van der Waals surface area (Å²) in [5.41, 5.74) is 3.72. The number of thiocarbonyl (C=S) groups is 1. The summed E-state index contributed by atoms with van der Waals surface area (Å²) in [6.07, 6.45) is 1.62. The number of carbonyl (C=O) groups is 2. The minimum atomic E-state index is -0.435. The zero-order chi connectivity index (χ0) is 27.5. The number of anilines is 2. The SMILES string of the molecule is COc1ccc(/C=C(/NC(=O)c2ccccc2)C(=O)NCc2ccccc2NC(=S)Nc2ccccc2)cc1. The lowest BCUT2D eigenvalue weighted by Gasteiger charge is -2.16. The Hall–Kier alpha value is -4.95. The molecule has 0 radical (unpaired) electrons.